The van der Waals surface area contributed by atoms with E-state index in [0.29, 0.717) is 10.9 Å². The topological polar surface area (TPSA) is 49.6 Å². The number of benzene rings is 1. The zero-order valence-corrected chi connectivity index (χ0v) is 12.3. The lowest BCUT2D eigenvalue weighted by Crippen LogP contribution is -2.31. The predicted octanol–water partition coefficient (Wildman–Crippen LogP) is 3.07. The molecule has 0 fully saturated rings. The Bertz CT molecular complexity index is 602. The average Bonchev–Trinajstić information content (AvgIpc) is 2.89. The molecule has 1 heterocycles. The fraction of sp³-hybridized carbons (Fsp3) is 0.200. The summed E-state index contributed by atoms with van der Waals surface area (Å²) in [5.74, 6) is 1.49. The van der Waals surface area contributed by atoms with Crippen molar-refractivity contribution < 1.29 is 4.42 Å². The lowest BCUT2D eigenvalue weighted by Gasteiger charge is -2.01. The van der Waals surface area contributed by atoms with Crippen LogP contribution in [-0.2, 0) is 0 Å². The van der Waals surface area contributed by atoms with Crippen LogP contribution in [0.5, 0.6) is 0 Å². The van der Waals surface area contributed by atoms with Crippen LogP contribution in [0.2, 0.25) is 0 Å². The van der Waals surface area contributed by atoms with Gasteiger partial charge in [-0.1, -0.05) is 29.8 Å². The van der Waals surface area contributed by atoms with Crippen molar-refractivity contribution in [1.29, 1.82) is 0 Å². The smallest absolute Gasteiger partial charge is 0.186 e. The first-order valence-electron chi connectivity index (χ1n) is 6.43. The summed E-state index contributed by atoms with van der Waals surface area (Å²) in [6.45, 7) is 4.79. The molecule has 0 atom stereocenters. The zero-order chi connectivity index (χ0) is 14.4. The highest BCUT2D eigenvalue weighted by atomic mass is 32.1. The van der Waals surface area contributed by atoms with Gasteiger partial charge in [0.05, 0.1) is 6.21 Å². The summed E-state index contributed by atoms with van der Waals surface area (Å²) in [7, 11) is 0. The molecule has 0 amide bonds. The third-order valence-electron chi connectivity index (χ3n) is 2.66. The van der Waals surface area contributed by atoms with E-state index >= 15 is 0 Å². The van der Waals surface area contributed by atoms with E-state index in [1.807, 2.05) is 31.2 Å². The van der Waals surface area contributed by atoms with Gasteiger partial charge in [-0.25, -0.2) is 0 Å². The van der Waals surface area contributed by atoms with Crippen molar-refractivity contribution in [3.8, 4) is 11.3 Å². The minimum atomic E-state index is 0.495. The van der Waals surface area contributed by atoms with Gasteiger partial charge in [0.1, 0.15) is 11.5 Å². The first kappa shape index (κ1) is 14.3. The Morgan fingerprint density at radius 2 is 2.00 bits per heavy atom. The monoisotopic (exact) mass is 287 g/mol. The molecule has 0 aliphatic heterocycles. The summed E-state index contributed by atoms with van der Waals surface area (Å²) in [5, 5.41) is 7.45. The van der Waals surface area contributed by atoms with Crippen LogP contribution >= 0.6 is 12.2 Å². The van der Waals surface area contributed by atoms with Gasteiger partial charge in [0, 0.05) is 12.1 Å². The number of rotatable bonds is 4. The maximum absolute atomic E-state index is 5.70. The molecule has 1 aromatic carbocycles. The van der Waals surface area contributed by atoms with Crippen LogP contribution < -0.4 is 10.7 Å². The second kappa shape index (κ2) is 6.86. The van der Waals surface area contributed by atoms with Crippen LogP contribution in [0.1, 0.15) is 18.2 Å². The Morgan fingerprint density at radius 1 is 1.25 bits per heavy atom. The molecule has 20 heavy (non-hydrogen) atoms. The second-order valence-corrected chi connectivity index (χ2v) is 4.71. The largest absolute Gasteiger partial charge is 0.455 e. The Morgan fingerprint density at radius 3 is 2.70 bits per heavy atom. The van der Waals surface area contributed by atoms with Crippen molar-refractivity contribution in [2.45, 2.75) is 13.8 Å². The normalized spacial score (nSPS) is 10.7. The molecule has 2 N–H and O–H groups in total. The molecule has 0 saturated carbocycles. The van der Waals surface area contributed by atoms with Gasteiger partial charge >= 0.3 is 0 Å². The van der Waals surface area contributed by atoms with Gasteiger partial charge < -0.3 is 9.73 Å². The van der Waals surface area contributed by atoms with Crippen LogP contribution in [0, 0.1) is 6.92 Å². The summed E-state index contributed by atoms with van der Waals surface area (Å²) in [6, 6.07) is 12.0. The minimum absolute atomic E-state index is 0.495. The maximum Gasteiger partial charge on any atom is 0.186 e. The molecule has 0 aliphatic rings. The van der Waals surface area contributed by atoms with E-state index in [4.69, 9.17) is 16.6 Å². The molecule has 0 bridgehead atoms. The van der Waals surface area contributed by atoms with Crippen LogP contribution in [0.15, 0.2) is 45.9 Å². The van der Waals surface area contributed by atoms with Gasteiger partial charge in [-0.05, 0) is 38.2 Å². The molecule has 104 valence electrons. The van der Waals surface area contributed by atoms with E-state index < -0.39 is 0 Å². The van der Waals surface area contributed by atoms with Crippen LogP contribution in [0.3, 0.4) is 0 Å². The molecule has 2 rings (SSSR count). The lowest BCUT2D eigenvalue weighted by molar-refractivity contribution is 0.574. The maximum atomic E-state index is 5.70. The molecule has 2 aromatic rings. The number of nitrogens with one attached hydrogen (secondary N) is 2. The van der Waals surface area contributed by atoms with Gasteiger partial charge in [0.2, 0.25) is 0 Å². The van der Waals surface area contributed by atoms with E-state index in [0.717, 1.165) is 17.9 Å². The van der Waals surface area contributed by atoms with Gasteiger partial charge in [0.25, 0.3) is 0 Å². The van der Waals surface area contributed by atoms with Crippen LogP contribution in [-0.4, -0.2) is 17.9 Å². The highest BCUT2D eigenvalue weighted by molar-refractivity contribution is 7.80. The number of hydrazone groups is 1. The van der Waals surface area contributed by atoms with Crippen molar-refractivity contribution in [3.05, 3.63) is 47.7 Å². The van der Waals surface area contributed by atoms with Crippen molar-refractivity contribution in [3.63, 3.8) is 0 Å². The summed E-state index contributed by atoms with van der Waals surface area (Å²) < 4.78 is 5.70. The van der Waals surface area contributed by atoms with Crippen LogP contribution in [0.25, 0.3) is 11.3 Å². The summed E-state index contributed by atoms with van der Waals surface area (Å²) in [4.78, 5) is 0. The van der Waals surface area contributed by atoms with Gasteiger partial charge in [-0.3, -0.25) is 5.43 Å². The summed E-state index contributed by atoms with van der Waals surface area (Å²) in [5.41, 5.74) is 4.99. The van der Waals surface area contributed by atoms with E-state index in [1.165, 1.54) is 5.56 Å². The molecule has 0 radical (unpaired) electrons. The van der Waals surface area contributed by atoms with E-state index in [-0.39, 0.29) is 0 Å². The van der Waals surface area contributed by atoms with E-state index in [2.05, 4.69) is 34.9 Å². The van der Waals surface area contributed by atoms with Gasteiger partial charge in [0.15, 0.2) is 5.11 Å². The van der Waals surface area contributed by atoms with Gasteiger partial charge in [-0.15, -0.1) is 0 Å². The van der Waals surface area contributed by atoms with Gasteiger partial charge in [-0.2, -0.15) is 5.10 Å². The Hall–Kier alpha value is -2.14. The van der Waals surface area contributed by atoms with Crippen molar-refractivity contribution in [2.75, 3.05) is 6.54 Å². The zero-order valence-electron chi connectivity index (χ0n) is 11.5. The highest BCUT2D eigenvalue weighted by Crippen LogP contribution is 2.21. The number of hydrogen-bond acceptors (Lipinski definition) is 3. The molecule has 0 saturated heterocycles. The Kier molecular flexibility index (Phi) is 4.90. The summed E-state index contributed by atoms with van der Waals surface area (Å²) >= 11 is 5.00. The number of thiocarbonyl (C=S) groups is 1. The molecule has 1 aromatic heterocycles. The fourth-order valence-corrected chi connectivity index (χ4v) is 1.85. The Balaban J connectivity index is 2.00. The average molecular weight is 287 g/mol. The third-order valence-corrected chi connectivity index (χ3v) is 2.89. The quantitative estimate of drug-likeness (QED) is 0.515. The van der Waals surface area contributed by atoms with E-state index in [9.17, 15) is 0 Å². The first-order valence-corrected chi connectivity index (χ1v) is 6.83. The third kappa shape index (κ3) is 3.93. The molecule has 4 nitrogen and oxygen atoms in total. The number of hydrogen-bond donors (Lipinski definition) is 2. The molecular weight excluding hydrogens is 270 g/mol. The minimum Gasteiger partial charge on any atom is -0.455 e. The SMILES string of the molecule is CCNC(=S)N/N=C/c1ccc(-c2ccc(C)cc2)o1. The number of furan rings is 1. The van der Waals surface area contributed by atoms with Crippen molar-refractivity contribution in [2.24, 2.45) is 5.10 Å². The molecule has 0 unspecified atom stereocenters. The Labute approximate surface area is 123 Å². The number of nitrogens with zero attached hydrogens (tertiary/aromatic N) is 1. The molecule has 0 aliphatic carbocycles. The molecule has 5 heteroatoms. The second-order valence-electron chi connectivity index (χ2n) is 4.30. The lowest BCUT2D eigenvalue weighted by atomic mass is 10.1. The predicted molar refractivity (Wildman–Crippen MR) is 85.9 cm³/mol. The fourth-order valence-electron chi connectivity index (χ4n) is 1.65. The van der Waals surface area contributed by atoms with Crippen molar-refractivity contribution in [1.82, 2.24) is 10.7 Å². The van der Waals surface area contributed by atoms with Crippen LogP contribution in [0.4, 0.5) is 0 Å². The highest BCUT2D eigenvalue weighted by Gasteiger charge is 2.02. The standard InChI is InChI=1S/C15H17N3OS/c1-3-16-15(20)18-17-10-13-8-9-14(19-13)12-6-4-11(2)5-7-12/h4-10H,3H2,1-2H3,(H2,16,18,20)/b17-10+. The van der Waals surface area contributed by atoms with Crippen molar-refractivity contribution >= 4 is 23.5 Å². The molecule has 0 spiro atoms. The number of aryl methyl sites for hydroxylation is 1. The first-order chi connectivity index (χ1) is 9.69. The summed E-state index contributed by atoms with van der Waals surface area (Å²) in [6.07, 6.45) is 1.60. The molecular formula is C15H17N3OS. The van der Waals surface area contributed by atoms with E-state index in [1.54, 1.807) is 6.21 Å².